The van der Waals surface area contributed by atoms with Gasteiger partial charge in [-0.25, -0.2) is 8.42 Å². The molecule has 0 spiro atoms. The van der Waals surface area contributed by atoms with Crippen LogP contribution in [0.15, 0.2) is 47.4 Å². The van der Waals surface area contributed by atoms with E-state index in [1.165, 1.54) is 30.0 Å². The lowest BCUT2D eigenvalue weighted by molar-refractivity contribution is 0.0933. The fourth-order valence-corrected chi connectivity index (χ4v) is 6.32. The number of amides is 1. The van der Waals surface area contributed by atoms with Gasteiger partial charge in [-0.15, -0.1) is 0 Å². The average molecular weight is 427 g/mol. The van der Waals surface area contributed by atoms with E-state index in [4.69, 9.17) is 0 Å². The van der Waals surface area contributed by atoms with E-state index in [0.717, 1.165) is 24.0 Å². The number of nitrogens with one attached hydrogen (secondary N) is 1. The van der Waals surface area contributed by atoms with Crippen molar-refractivity contribution in [3.63, 3.8) is 0 Å². The molecule has 0 bridgehead atoms. The summed E-state index contributed by atoms with van der Waals surface area (Å²) in [4.78, 5) is 13.1. The number of nitrogens with zero attached hydrogens (tertiary/aromatic N) is 1. The van der Waals surface area contributed by atoms with Crippen LogP contribution in [-0.4, -0.2) is 26.4 Å². The zero-order valence-corrected chi connectivity index (χ0v) is 18.5. The number of hydrogen-bond donors (Lipinski definition) is 1. The number of carbonyl (C=O) groups excluding carboxylic acids is 1. The molecule has 2 aromatic rings. The van der Waals surface area contributed by atoms with Gasteiger partial charge in [0.1, 0.15) is 0 Å². The second kappa shape index (κ2) is 8.42. The zero-order chi connectivity index (χ0) is 21.3. The smallest absolute Gasteiger partial charge is 0.264 e. The fourth-order valence-electron chi connectivity index (χ4n) is 4.63. The Bertz CT molecular complexity index is 1020. The molecule has 1 aliphatic carbocycles. The molecule has 1 saturated carbocycles. The Balaban J connectivity index is 1.57. The minimum absolute atomic E-state index is 0.0582. The van der Waals surface area contributed by atoms with Crippen molar-refractivity contribution < 1.29 is 13.2 Å². The van der Waals surface area contributed by atoms with Crippen molar-refractivity contribution >= 4 is 21.6 Å². The highest BCUT2D eigenvalue weighted by atomic mass is 32.2. The molecule has 5 nitrogen and oxygen atoms in total. The number of hydrogen-bond acceptors (Lipinski definition) is 3. The number of sulfonamides is 1. The van der Waals surface area contributed by atoms with Crippen LogP contribution in [0.1, 0.15) is 66.9 Å². The number of carbonyl (C=O) groups is 1. The Hall–Kier alpha value is -2.34. The van der Waals surface area contributed by atoms with Crippen LogP contribution in [0.3, 0.4) is 0 Å². The van der Waals surface area contributed by atoms with E-state index < -0.39 is 10.0 Å². The van der Waals surface area contributed by atoms with Gasteiger partial charge in [-0.2, -0.15) is 0 Å². The Kier molecular flexibility index (Phi) is 5.87. The number of anilines is 1. The molecule has 0 aromatic heterocycles. The Labute approximate surface area is 179 Å². The van der Waals surface area contributed by atoms with Crippen LogP contribution in [0.4, 0.5) is 5.69 Å². The van der Waals surface area contributed by atoms with Crippen LogP contribution in [0.2, 0.25) is 0 Å². The van der Waals surface area contributed by atoms with Gasteiger partial charge >= 0.3 is 0 Å². The van der Waals surface area contributed by atoms with Gasteiger partial charge in [-0.05, 0) is 69.0 Å². The second-order valence-electron chi connectivity index (χ2n) is 8.67. The highest BCUT2D eigenvalue weighted by molar-refractivity contribution is 7.92. The summed E-state index contributed by atoms with van der Waals surface area (Å²) in [6, 6.07) is 12.4. The first kappa shape index (κ1) is 20.9. The SMILES string of the molecule is Cc1ccc(S(=O)(=O)N2c3ccc(C(=O)NC4CCCCCC4)cc3C[C@@H]2C)cc1. The fraction of sp³-hybridized carbons (Fsp3) is 0.458. The minimum atomic E-state index is -3.65. The first-order chi connectivity index (χ1) is 14.4. The predicted octanol–water partition coefficient (Wildman–Crippen LogP) is 4.59. The lowest BCUT2D eigenvalue weighted by Gasteiger charge is -2.24. The van der Waals surface area contributed by atoms with E-state index in [9.17, 15) is 13.2 Å². The van der Waals surface area contributed by atoms with Gasteiger partial charge in [0.2, 0.25) is 0 Å². The molecule has 1 aliphatic heterocycles. The molecule has 1 N–H and O–H groups in total. The summed E-state index contributed by atoms with van der Waals surface area (Å²) >= 11 is 0. The molecule has 160 valence electrons. The van der Waals surface area contributed by atoms with Crippen molar-refractivity contribution in [1.29, 1.82) is 0 Å². The third kappa shape index (κ3) is 4.10. The first-order valence-electron chi connectivity index (χ1n) is 10.9. The monoisotopic (exact) mass is 426 g/mol. The van der Waals surface area contributed by atoms with Crippen LogP contribution >= 0.6 is 0 Å². The van der Waals surface area contributed by atoms with Crippen LogP contribution in [-0.2, 0) is 16.4 Å². The summed E-state index contributed by atoms with van der Waals surface area (Å²) in [6.45, 7) is 3.85. The third-order valence-electron chi connectivity index (χ3n) is 6.26. The third-order valence-corrected chi connectivity index (χ3v) is 8.21. The van der Waals surface area contributed by atoms with Crippen LogP contribution in [0, 0.1) is 6.92 Å². The van der Waals surface area contributed by atoms with Crippen molar-refractivity contribution in [2.45, 2.75) is 75.8 Å². The van der Waals surface area contributed by atoms with Gasteiger partial charge in [0.15, 0.2) is 0 Å². The number of aryl methyl sites for hydroxylation is 1. The standard InChI is InChI=1S/C24H30N2O3S/c1-17-9-12-22(13-10-17)30(28,29)26-18(2)15-20-16-19(11-14-23(20)26)24(27)25-21-7-5-3-4-6-8-21/h9-14,16,18,21H,3-8,15H2,1-2H3,(H,25,27)/t18-/m0/s1. The average Bonchev–Trinajstić information content (AvgIpc) is 2.86. The van der Waals surface area contributed by atoms with Gasteiger partial charge in [0.25, 0.3) is 15.9 Å². The Morgan fingerprint density at radius 2 is 1.67 bits per heavy atom. The molecule has 4 rings (SSSR count). The largest absolute Gasteiger partial charge is 0.349 e. The molecule has 30 heavy (non-hydrogen) atoms. The van der Waals surface area contributed by atoms with Crippen LogP contribution in [0.5, 0.6) is 0 Å². The molecule has 0 saturated heterocycles. The summed E-state index contributed by atoms with van der Waals surface area (Å²) in [5.74, 6) is -0.0582. The Morgan fingerprint density at radius 1 is 1.00 bits per heavy atom. The highest BCUT2D eigenvalue weighted by Gasteiger charge is 2.36. The summed E-state index contributed by atoms with van der Waals surface area (Å²) in [5.41, 5.74) is 3.22. The van der Waals surface area contributed by atoms with Gasteiger partial charge in [-0.1, -0.05) is 43.4 Å². The number of rotatable bonds is 4. The molecular weight excluding hydrogens is 396 g/mol. The molecule has 0 radical (unpaired) electrons. The van der Waals surface area contributed by atoms with Gasteiger partial charge < -0.3 is 5.32 Å². The predicted molar refractivity (Wildman–Crippen MR) is 119 cm³/mol. The van der Waals surface area contributed by atoms with Gasteiger partial charge in [0, 0.05) is 17.6 Å². The van der Waals surface area contributed by atoms with E-state index in [1.54, 1.807) is 24.3 Å². The van der Waals surface area contributed by atoms with Crippen LogP contribution < -0.4 is 9.62 Å². The zero-order valence-electron chi connectivity index (χ0n) is 17.7. The van der Waals surface area contributed by atoms with Gasteiger partial charge in [0.05, 0.1) is 10.6 Å². The van der Waals surface area contributed by atoms with Crippen LogP contribution in [0.25, 0.3) is 0 Å². The second-order valence-corrected chi connectivity index (χ2v) is 10.5. The maximum Gasteiger partial charge on any atom is 0.264 e. The maximum absolute atomic E-state index is 13.3. The number of fused-ring (bicyclic) bond motifs is 1. The van der Waals surface area contributed by atoms with E-state index in [0.29, 0.717) is 22.6 Å². The molecule has 6 heteroatoms. The Morgan fingerprint density at radius 3 is 2.33 bits per heavy atom. The molecular formula is C24H30N2O3S. The van der Waals surface area contributed by atoms with E-state index in [-0.39, 0.29) is 18.0 Å². The molecule has 0 unspecified atom stereocenters. The van der Waals surface area contributed by atoms with Crippen molar-refractivity contribution in [1.82, 2.24) is 5.32 Å². The normalized spacial score (nSPS) is 19.9. The molecule has 1 heterocycles. The maximum atomic E-state index is 13.3. The quantitative estimate of drug-likeness (QED) is 0.728. The molecule has 1 atom stereocenters. The van der Waals surface area contributed by atoms with E-state index >= 15 is 0 Å². The summed E-state index contributed by atoms with van der Waals surface area (Å²) in [7, 11) is -3.65. The molecule has 2 aromatic carbocycles. The molecule has 2 aliphatic rings. The molecule has 1 fully saturated rings. The van der Waals surface area contributed by atoms with E-state index in [2.05, 4.69) is 5.32 Å². The first-order valence-corrected chi connectivity index (χ1v) is 12.3. The summed E-state index contributed by atoms with van der Waals surface area (Å²) < 4.78 is 28.1. The van der Waals surface area contributed by atoms with Crippen molar-refractivity contribution in [3.05, 3.63) is 59.2 Å². The summed E-state index contributed by atoms with van der Waals surface area (Å²) in [6.07, 6.45) is 7.50. The minimum Gasteiger partial charge on any atom is -0.349 e. The van der Waals surface area contributed by atoms with Crippen molar-refractivity contribution in [2.24, 2.45) is 0 Å². The lowest BCUT2D eigenvalue weighted by atomic mass is 10.0. The molecule has 1 amide bonds. The highest BCUT2D eigenvalue weighted by Crippen LogP contribution is 2.37. The van der Waals surface area contributed by atoms with Gasteiger partial charge in [-0.3, -0.25) is 9.10 Å². The van der Waals surface area contributed by atoms with Crippen molar-refractivity contribution in [2.75, 3.05) is 4.31 Å². The summed E-state index contributed by atoms with van der Waals surface area (Å²) in [5, 5.41) is 3.18. The van der Waals surface area contributed by atoms with E-state index in [1.807, 2.05) is 32.0 Å². The lowest BCUT2D eigenvalue weighted by Crippen LogP contribution is -2.35. The van der Waals surface area contributed by atoms with Crippen molar-refractivity contribution in [3.8, 4) is 0 Å². The number of benzene rings is 2. The topological polar surface area (TPSA) is 66.5 Å².